The van der Waals surface area contributed by atoms with Gasteiger partial charge in [0.25, 0.3) is 17.5 Å². The van der Waals surface area contributed by atoms with Gasteiger partial charge in [0.2, 0.25) is 0 Å². The molecule has 1 aliphatic carbocycles. The lowest BCUT2D eigenvalue weighted by Gasteiger charge is -2.49. The maximum absolute atomic E-state index is 13.2. The van der Waals surface area contributed by atoms with Gasteiger partial charge in [0.05, 0.1) is 6.20 Å². The van der Waals surface area contributed by atoms with Gasteiger partial charge in [-0.3, -0.25) is 14.5 Å². The third-order valence-electron chi connectivity index (χ3n) is 6.61. The van der Waals surface area contributed by atoms with E-state index >= 15 is 0 Å². The molecule has 0 radical (unpaired) electrons. The number of oxime groups is 1. The molecule has 2 amide bonds. The number of nitrogen functional groups attached to an aromatic ring is 1. The first kappa shape index (κ1) is 24.4. The van der Waals surface area contributed by atoms with Crippen LogP contribution in [-0.4, -0.2) is 66.7 Å². The van der Waals surface area contributed by atoms with E-state index in [9.17, 15) is 19.5 Å². The summed E-state index contributed by atoms with van der Waals surface area (Å²) < 4.78 is 3.87. The van der Waals surface area contributed by atoms with E-state index in [1.165, 1.54) is 16.7 Å². The molecule has 14 heteroatoms. The molecular weight excluding hydrogens is 530 g/mol. The van der Waals surface area contributed by atoms with Crippen LogP contribution in [0.15, 0.2) is 58.6 Å². The summed E-state index contributed by atoms with van der Waals surface area (Å²) in [6.07, 6.45) is 7.79. The second-order valence-electron chi connectivity index (χ2n) is 9.26. The van der Waals surface area contributed by atoms with Crippen LogP contribution in [0.5, 0.6) is 0 Å². The van der Waals surface area contributed by atoms with Crippen LogP contribution in [0.4, 0.5) is 5.13 Å². The van der Waals surface area contributed by atoms with Crippen LogP contribution >= 0.6 is 23.1 Å². The van der Waals surface area contributed by atoms with Gasteiger partial charge in [-0.15, -0.1) is 23.1 Å². The number of hydrogen-bond acceptors (Lipinski definition) is 9. The molecule has 196 valence electrons. The monoisotopic (exact) mass is 554 g/mol. The van der Waals surface area contributed by atoms with E-state index in [2.05, 4.69) is 15.5 Å². The Morgan fingerprint density at radius 1 is 1.32 bits per heavy atom. The first-order valence-electron chi connectivity index (χ1n) is 12.0. The number of carbonyl (C=O) groups is 3. The van der Waals surface area contributed by atoms with Crippen molar-refractivity contribution in [3.63, 3.8) is 0 Å². The molecule has 12 nitrogen and oxygen atoms in total. The Morgan fingerprint density at radius 3 is 2.89 bits per heavy atom. The molecule has 0 unspecified atom stereocenters. The number of β-lactam (4-membered cyclic amide) rings is 1. The molecule has 1 saturated carbocycles. The van der Waals surface area contributed by atoms with Crippen molar-refractivity contribution in [1.82, 2.24) is 19.6 Å². The number of rotatable bonds is 9. The Labute approximate surface area is 224 Å². The zero-order valence-corrected chi connectivity index (χ0v) is 21.7. The van der Waals surface area contributed by atoms with Gasteiger partial charge in [0.15, 0.2) is 10.8 Å². The van der Waals surface area contributed by atoms with E-state index in [1.54, 1.807) is 5.38 Å². The molecule has 2 atom stereocenters. The van der Waals surface area contributed by atoms with Crippen LogP contribution in [0.1, 0.15) is 18.5 Å². The third kappa shape index (κ3) is 4.49. The number of thioether (sulfide) groups is 1. The fourth-order valence-corrected chi connectivity index (χ4v) is 6.37. The van der Waals surface area contributed by atoms with Crippen molar-refractivity contribution in [2.45, 2.75) is 30.8 Å². The quantitative estimate of drug-likeness (QED) is 0.152. The van der Waals surface area contributed by atoms with Crippen molar-refractivity contribution in [2.75, 3.05) is 18.1 Å². The van der Waals surface area contributed by atoms with Gasteiger partial charge in [-0.05, 0) is 24.8 Å². The first-order valence-corrected chi connectivity index (χ1v) is 13.9. The summed E-state index contributed by atoms with van der Waals surface area (Å²) in [4.78, 5) is 49.4. The van der Waals surface area contributed by atoms with Crippen LogP contribution < -0.4 is 15.6 Å². The van der Waals surface area contributed by atoms with Crippen molar-refractivity contribution in [3.8, 4) is 0 Å². The number of carboxylic acid groups (broad SMARTS) is 1. The predicted molar refractivity (Wildman–Crippen MR) is 139 cm³/mol. The SMILES string of the molecule is Nc1nc(/C(=N/OCC2CC2)C(=O)N[C@@H]2C(=O)N3C(C(=O)O)=C(C[n+]4ccn5ccccc54)CS[C@@H]23)cs1. The molecular formula is C24H24N7O5S2+. The smallest absolute Gasteiger partial charge is 0.352 e. The minimum absolute atomic E-state index is 0.0408. The van der Waals surface area contributed by atoms with Crippen LogP contribution in [0, 0.1) is 5.92 Å². The molecule has 6 rings (SSSR count). The number of aromatic nitrogens is 3. The highest BCUT2D eigenvalue weighted by molar-refractivity contribution is 8.00. The second kappa shape index (κ2) is 9.76. The number of nitrogens with one attached hydrogen (secondary N) is 1. The summed E-state index contributed by atoms with van der Waals surface area (Å²) in [6, 6.07) is 4.84. The fourth-order valence-electron chi connectivity index (χ4n) is 4.49. The number of fused-ring (bicyclic) bond motifs is 2. The van der Waals surface area contributed by atoms with Crippen LogP contribution in [0.3, 0.4) is 0 Å². The zero-order valence-electron chi connectivity index (χ0n) is 20.0. The summed E-state index contributed by atoms with van der Waals surface area (Å²) in [5, 5.41) is 18.1. The van der Waals surface area contributed by atoms with Crippen molar-refractivity contribution < 1.29 is 28.9 Å². The minimum Gasteiger partial charge on any atom is -0.477 e. The average Bonchev–Trinajstić information content (AvgIpc) is 3.50. The molecule has 2 fully saturated rings. The molecule has 1 saturated heterocycles. The molecule has 38 heavy (non-hydrogen) atoms. The summed E-state index contributed by atoms with van der Waals surface area (Å²) >= 11 is 2.57. The lowest BCUT2D eigenvalue weighted by atomic mass is 10.0. The Hall–Kier alpha value is -3.91. The van der Waals surface area contributed by atoms with E-state index in [0.29, 0.717) is 30.4 Å². The average molecular weight is 555 g/mol. The molecule has 3 aromatic heterocycles. The van der Waals surface area contributed by atoms with Gasteiger partial charge in [0, 0.05) is 22.8 Å². The summed E-state index contributed by atoms with van der Waals surface area (Å²) in [5.41, 5.74) is 7.40. The molecule has 0 aromatic carbocycles. The zero-order chi connectivity index (χ0) is 26.4. The fraction of sp³-hybridized carbons (Fsp3) is 0.333. The van der Waals surface area contributed by atoms with Gasteiger partial charge >= 0.3 is 5.97 Å². The number of amides is 2. The number of anilines is 1. The number of imidazole rings is 1. The lowest BCUT2D eigenvalue weighted by Crippen LogP contribution is -2.71. The standard InChI is InChI=1S/C24H23N7O5S2/c25-24-26-15(12-38-24)17(28-36-10-13-4-5-13)20(32)27-18-21(33)31-19(23(34)35)14(11-37-22(18)31)9-30-8-7-29-6-2-1-3-16(29)30/h1-3,6-8,12-13,18,22H,4-5,9-11H2,(H3-,25,26,27,32,34,35)/p+1/b28-17-/t18-,22+/m1/s1. The highest BCUT2D eigenvalue weighted by Gasteiger charge is 2.54. The van der Waals surface area contributed by atoms with Gasteiger partial charge in [-0.2, -0.15) is 0 Å². The number of hydrogen-bond donors (Lipinski definition) is 3. The number of nitrogens with zero attached hydrogens (tertiary/aromatic N) is 5. The summed E-state index contributed by atoms with van der Waals surface area (Å²) in [6.45, 7) is 0.721. The number of aliphatic carboxylic acids is 1. The molecule has 4 N–H and O–H groups in total. The van der Waals surface area contributed by atoms with Gasteiger partial charge in [0.1, 0.15) is 48.4 Å². The van der Waals surface area contributed by atoms with Gasteiger partial charge < -0.3 is 21.0 Å². The Bertz CT molecular complexity index is 1510. The molecule has 2 aliphatic heterocycles. The van der Waals surface area contributed by atoms with Crippen LogP contribution in [0.25, 0.3) is 5.65 Å². The number of pyridine rings is 1. The van der Waals surface area contributed by atoms with E-state index < -0.39 is 29.2 Å². The second-order valence-corrected chi connectivity index (χ2v) is 11.3. The normalized spacial score (nSPS) is 21.3. The van der Waals surface area contributed by atoms with E-state index in [-0.39, 0.29) is 22.2 Å². The van der Waals surface area contributed by atoms with Crippen molar-refractivity contribution in [3.05, 3.63) is 59.1 Å². The highest BCUT2D eigenvalue weighted by Crippen LogP contribution is 2.40. The molecule has 5 heterocycles. The molecule has 0 spiro atoms. The largest absolute Gasteiger partial charge is 0.477 e. The molecule has 3 aromatic rings. The van der Waals surface area contributed by atoms with Crippen molar-refractivity contribution in [2.24, 2.45) is 11.1 Å². The lowest BCUT2D eigenvalue weighted by molar-refractivity contribution is -0.662. The molecule has 3 aliphatic rings. The number of carbonyl (C=O) groups excluding carboxylic acids is 2. The predicted octanol–water partition coefficient (Wildman–Crippen LogP) is 0.835. The maximum atomic E-state index is 13.2. The van der Waals surface area contributed by atoms with E-state index in [1.807, 2.05) is 45.8 Å². The Kier molecular flexibility index (Phi) is 6.27. The number of nitrogens with two attached hydrogens (primary N) is 1. The van der Waals surface area contributed by atoms with Crippen LogP contribution in [-0.2, 0) is 25.8 Å². The van der Waals surface area contributed by atoms with Gasteiger partial charge in [-0.25, -0.2) is 18.7 Å². The van der Waals surface area contributed by atoms with E-state index in [4.69, 9.17) is 10.6 Å². The Morgan fingerprint density at radius 2 is 2.16 bits per heavy atom. The maximum Gasteiger partial charge on any atom is 0.352 e. The number of thiazole rings is 1. The highest BCUT2D eigenvalue weighted by atomic mass is 32.2. The van der Waals surface area contributed by atoms with Gasteiger partial charge in [-0.1, -0.05) is 11.2 Å². The summed E-state index contributed by atoms with van der Waals surface area (Å²) in [7, 11) is 0. The van der Waals surface area contributed by atoms with Crippen LogP contribution in [0.2, 0.25) is 0 Å². The summed E-state index contributed by atoms with van der Waals surface area (Å²) in [5.74, 6) is -1.47. The first-order chi connectivity index (χ1) is 18.4. The Balaban J connectivity index is 1.21. The topological polar surface area (TPSA) is 155 Å². The third-order valence-corrected chi connectivity index (χ3v) is 8.62. The van der Waals surface area contributed by atoms with Crippen molar-refractivity contribution >= 4 is 57.4 Å². The number of carboxylic acids is 1. The van der Waals surface area contributed by atoms with E-state index in [0.717, 1.165) is 29.8 Å². The van der Waals surface area contributed by atoms with Crippen molar-refractivity contribution in [1.29, 1.82) is 0 Å². The minimum atomic E-state index is -1.18. The molecule has 0 bridgehead atoms.